The fourth-order valence-corrected chi connectivity index (χ4v) is 3.69. The zero-order valence-corrected chi connectivity index (χ0v) is 17.2. The Hall–Kier alpha value is -2.33. The van der Waals surface area contributed by atoms with E-state index in [0.717, 1.165) is 29.7 Å². The van der Waals surface area contributed by atoms with Crippen LogP contribution in [0.1, 0.15) is 56.1 Å². The van der Waals surface area contributed by atoms with Crippen LogP contribution in [0.2, 0.25) is 0 Å². The average molecular weight is 397 g/mol. The Kier molecular flexibility index (Phi) is 9.05. The van der Waals surface area contributed by atoms with E-state index >= 15 is 0 Å². The lowest BCUT2D eigenvalue weighted by Gasteiger charge is -2.20. The smallest absolute Gasteiger partial charge is 0.310 e. The molecule has 1 saturated carbocycles. The second-order valence-corrected chi connectivity index (χ2v) is 7.62. The first-order valence-corrected chi connectivity index (χ1v) is 10.8. The Bertz CT molecular complexity index is 721. The van der Waals surface area contributed by atoms with Gasteiger partial charge in [0.2, 0.25) is 0 Å². The van der Waals surface area contributed by atoms with Gasteiger partial charge in [0, 0.05) is 5.56 Å². The van der Waals surface area contributed by atoms with Crippen LogP contribution in [0.4, 0.5) is 0 Å². The predicted octanol–water partition coefficient (Wildman–Crippen LogP) is 5.48. The van der Waals surface area contributed by atoms with Gasteiger partial charge in [0.25, 0.3) is 0 Å². The van der Waals surface area contributed by atoms with Crippen molar-refractivity contribution in [3.05, 3.63) is 65.7 Å². The maximum Gasteiger partial charge on any atom is 0.310 e. The highest BCUT2D eigenvalue weighted by Crippen LogP contribution is 2.21. The lowest BCUT2D eigenvalue weighted by atomic mass is 9.99. The van der Waals surface area contributed by atoms with Gasteiger partial charge in [0.15, 0.2) is 0 Å². The number of hydrogen-bond donors (Lipinski definition) is 0. The first-order chi connectivity index (χ1) is 14.3. The number of carbonyl (C=O) groups excluding carboxylic acids is 1. The maximum absolute atomic E-state index is 12.2. The molecule has 2 aromatic carbocycles. The van der Waals surface area contributed by atoms with Gasteiger partial charge >= 0.3 is 5.97 Å². The van der Waals surface area contributed by atoms with Gasteiger partial charge in [-0.1, -0.05) is 80.6 Å². The highest BCUT2D eigenvalue weighted by Gasteiger charge is 2.13. The SMILES string of the molecule is O=C(Cc1ccccc1OCCOC1CCCCCCC1)OCc1ccccc1. The molecule has 0 radical (unpaired) electrons. The molecule has 29 heavy (non-hydrogen) atoms. The van der Waals surface area contributed by atoms with Gasteiger partial charge in [0.05, 0.1) is 19.1 Å². The van der Waals surface area contributed by atoms with Gasteiger partial charge in [-0.15, -0.1) is 0 Å². The third kappa shape index (κ3) is 7.90. The van der Waals surface area contributed by atoms with Gasteiger partial charge in [-0.3, -0.25) is 4.79 Å². The van der Waals surface area contributed by atoms with E-state index in [2.05, 4.69) is 0 Å². The fraction of sp³-hybridized carbons (Fsp3) is 0.480. The minimum Gasteiger partial charge on any atom is -0.491 e. The summed E-state index contributed by atoms with van der Waals surface area (Å²) in [4.78, 5) is 12.2. The molecule has 156 valence electrons. The van der Waals surface area contributed by atoms with E-state index in [1.54, 1.807) is 0 Å². The molecule has 2 aromatic rings. The van der Waals surface area contributed by atoms with Gasteiger partial charge in [-0.05, 0) is 24.5 Å². The summed E-state index contributed by atoms with van der Waals surface area (Å²) in [5.41, 5.74) is 1.83. The summed E-state index contributed by atoms with van der Waals surface area (Å²) < 4.78 is 17.3. The number of benzene rings is 2. The van der Waals surface area contributed by atoms with Crippen molar-refractivity contribution >= 4 is 5.97 Å². The van der Waals surface area contributed by atoms with E-state index in [4.69, 9.17) is 14.2 Å². The number of carbonyl (C=O) groups is 1. The second kappa shape index (κ2) is 12.3. The van der Waals surface area contributed by atoms with Crippen LogP contribution >= 0.6 is 0 Å². The number of esters is 1. The molecular formula is C25H32O4. The van der Waals surface area contributed by atoms with Crippen LogP contribution in [0.25, 0.3) is 0 Å². The molecule has 1 aliphatic carbocycles. The van der Waals surface area contributed by atoms with E-state index < -0.39 is 0 Å². The van der Waals surface area contributed by atoms with Gasteiger partial charge in [0.1, 0.15) is 19.0 Å². The molecule has 0 amide bonds. The largest absolute Gasteiger partial charge is 0.491 e. The second-order valence-electron chi connectivity index (χ2n) is 7.62. The van der Waals surface area contributed by atoms with Crippen LogP contribution in [-0.2, 0) is 27.3 Å². The fourth-order valence-electron chi connectivity index (χ4n) is 3.69. The molecule has 0 spiro atoms. The van der Waals surface area contributed by atoms with Gasteiger partial charge in [-0.25, -0.2) is 0 Å². The summed E-state index contributed by atoms with van der Waals surface area (Å²) in [5, 5.41) is 0. The molecule has 3 rings (SSSR count). The molecule has 0 unspecified atom stereocenters. The highest BCUT2D eigenvalue weighted by atomic mass is 16.5. The zero-order chi connectivity index (χ0) is 20.2. The number of para-hydroxylation sites is 1. The topological polar surface area (TPSA) is 44.8 Å². The minimum atomic E-state index is -0.254. The molecule has 0 saturated heterocycles. The normalized spacial score (nSPS) is 15.3. The summed E-state index contributed by atoms with van der Waals surface area (Å²) in [7, 11) is 0. The number of hydrogen-bond acceptors (Lipinski definition) is 4. The van der Waals surface area contributed by atoms with Crippen LogP contribution < -0.4 is 4.74 Å². The van der Waals surface area contributed by atoms with Crippen LogP contribution in [-0.4, -0.2) is 25.3 Å². The third-order valence-corrected chi connectivity index (χ3v) is 5.30. The minimum absolute atomic E-state index is 0.201. The predicted molar refractivity (Wildman–Crippen MR) is 114 cm³/mol. The van der Waals surface area contributed by atoms with Crippen LogP contribution in [0.15, 0.2) is 54.6 Å². The van der Waals surface area contributed by atoms with E-state index in [1.165, 1.54) is 32.1 Å². The molecule has 0 heterocycles. The molecule has 0 bridgehead atoms. The Morgan fingerprint density at radius 2 is 1.52 bits per heavy atom. The maximum atomic E-state index is 12.2. The first-order valence-electron chi connectivity index (χ1n) is 10.8. The van der Waals surface area contributed by atoms with Crippen molar-refractivity contribution in [2.75, 3.05) is 13.2 Å². The molecule has 1 aliphatic rings. The summed E-state index contributed by atoms with van der Waals surface area (Å²) in [6.07, 6.45) is 9.41. The molecule has 0 aliphatic heterocycles. The van der Waals surface area contributed by atoms with Gasteiger partial charge < -0.3 is 14.2 Å². The molecule has 0 N–H and O–H groups in total. The molecule has 4 nitrogen and oxygen atoms in total. The van der Waals surface area contributed by atoms with Crippen molar-refractivity contribution in [3.63, 3.8) is 0 Å². The zero-order valence-electron chi connectivity index (χ0n) is 17.2. The lowest BCUT2D eigenvalue weighted by molar-refractivity contribution is -0.144. The van der Waals surface area contributed by atoms with Crippen molar-refractivity contribution in [2.24, 2.45) is 0 Å². The van der Waals surface area contributed by atoms with Crippen molar-refractivity contribution in [1.29, 1.82) is 0 Å². The van der Waals surface area contributed by atoms with Crippen molar-refractivity contribution in [1.82, 2.24) is 0 Å². The quantitative estimate of drug-likeness (QED) is 0.416. The molecule has 0 atom stereocenters. The van der Waals surface area contributed by atoms with E-state index in [0.29, 0.717) is 19.3 Å². The Morgan fingerprint density at radius 1 is 0.828 bits per heavy atom. The Labute approximate surface area is 174 Å². The molecule has 0 aromatic heterocycles. The molecule has 1 fully saturated rings. The van der Waals surface area contributed by atoms with Crippen LogP contribution in [0, 0.1) is 0 Å². The van der Waals surface area contributed by atoms with E-state index in [9.17, 15) is 4.79 Å². The average Bonchev–Trinajstić information content (AvgIpc) is 2.73. The molecular weight excluding hydrogens is 364 g/mol. The van der Waals surface area contributed by atoms with Gasteiger partial charge in [-0.2, -0.15) is 0 Å². The summed E-state index contributed by atoms with van der Waals surface area (Å²) >= 11 is 0. The van der Waals surface area contributed by atoms with Crippen molar-refractivity contribution < 1.29 is 19.0 Å². The number of rotatable bonds is 9. The lowest BCUT2D eigenvalue weighted by Crippen LogP contribution is -2.18. The monoisotopic (exact) mass is 396 g/mol. The highest BCUT2D eigenvalue weighted by molar-refractivity contribution is 5.73. The molecule has 4 heteroatoms. The van der Waals surface area contributed by atoms with E-state index in [1.807, 2.05) is 54.6 Å². The van der Waals surface area contributed by atoms with Crippen molar-refractivity contribution in [2.45, 2.75) is 64.1 Å². The van der Waals surface area contributed by atoms with Crippen molar-refractivity contribution in [3.8, 4) is 5.75 Å². The van der Waals surface area contributed by atoms with E-state index in [-0.39, 0.29) is 19.0 Å². The Morgan fingerprint density at radius 3 is 2.31 bits per heavy atom. The standard InChI is InChI=1S/C25H32O4/c26-25(29-20-21-11-5-4-6-12-21)19-22-13-9-10-16-24(22)28-18-17-27-23-14-7-2-1-3-8-15-23/h4-6,9-13,16,23H,1-3,7-8,14-15,17-20H2. The van der Waals surface area contributed by atoms with Crippen LogP contribution in [0.3, 0.4) is 0 Å². The summed E-state index contributed by atoms with van der Waals surface area (Å²) in [5.74, 6) is 0.473. The number of ether oxygens (including phenoxy) is 3. The first kappa shape index (κ1) is 21.4. The summed E-state index contributed by atoms with van der Waals surface area (Å²) in [6.45, 7) is 1.36. The summed E-state index contributed by atoms with van der Waals surface area (Å²) in [6, 6.07) is 17.3. The Balaban J connectivity index is 1.41. The third-order valence-electron chi connectivity index (χ3n) is 5.30. The van der Waals surface area contributed by atoms with Crippen LogP contribution in [0.5, 0.6) is 5.75 Å².